The number of hydrogen-bond donors (Lipinski definition) is 0. The maximum Gasteiger partial charge on any atom is 0.0714 e. The fraction of sp³-hybridized carbons (Fsp3) is 0.128. The third-order valence-corrected chi connectivity index (χ3v) is 10.9. The van der Waals surface area contributed by atoms with Crippen LogP contribution in [0, 0.1) is 0 Å². The van der Waals surface area contributed by atoms with Gasteiger partial charge in [-0.25, -0.2) is 0 Å². The zero-order valence-electron chi connectivity index (χ0n) is 28.0. The molecule has 0 unspecified atom stereocenters. The van der Waals surface area contributed by atoms with Crippen LogP contribution in [0.4, 0.5) is 22.7 Å². The highest BCUT2D eigenvalue weighted by Gasteiger charge is 2.24. The first kappa shape index (κ1) is 29.0. The van der Waals surface area contributed by atoms with Crippen LogP contribution >= 0.6 is 0 Å². The van der Waals surface area contributed by atoms with Crippen LogP contribution in [0.2, 0.25) is 0 Å². The van der Waals surface area contributed by atoms with Gasteiger partial charge in [0.2, 0.25) is 0 Å². The smallest absolute Gasteiger partial charge is 0.0714 e. The number of nitrogens with zero attached hydrogens (tertiary/aromatic N) is 3. The number of aryl methyl sites for hydroxylation is 2. The molecule has 3 heteroatoms. The van der Waals surface area contributed by atoms with Crippen molar-refractivity contribution in [3.63, 3.8) is 0 Å². The number of para-hydroxylation sites is 2. The van der Waals surface area contributed by atoms with Gasteiger partial charge >= 0.3 is 0 Å². The van der Waals surface area contributed by atoms with Crippen LogP contribution in [0.3, 0.4) is 0 Å². The molecule has 240 valence electrons. The first-order valence-corrected chi connectivity index (χ1v) is 18.0. The molecule has 8 aromatic rings. The van der Waals surface area contributed by atoms with Gasteiger partial charge in [-0.1, -0.05) is 97.1 Å². The zero-order valence-corrected chi connectivity index (χ0v) is 28.0. The average molecular weight is 644 g/mol. The van der Waals surface area contributed by atoms with E-state index < -0.39 is 0 Å². The SMILES string of the molecule is c1ccc(-c2c3cc(N4CCCc5ccccc54)ccc3c(-c3cccc4ccccc34)c3cc(N4CCCc5ccccc54)ccc23)nc1. The Morgan fingerprint density at radius 2 is 1.02 bits per heavy atom. The monoisotopic (exact) mass is 643 g/mol. The molecule has 50 heavy (non-hydrogen) atoms. The molecule has 2 aliphatic rings. The van der Waals surface area contributed by atoms with Crippen molar-refractivity contribution in [2.75, 3.05) is 22.9 Å². The molecule has 10 rings (SSSR count). The lowest BCUT2D eigenvalue weighted by atomic mass is 9.85. The van der Waals surface area contributed by atoms with Crippen molar-refractivity contribution in [3.05, 3.63) is 163 Å². The highest BCUT2D eigenvalue weighted by atomic mass is 15.1. The molecule has 0 aliphatic carbocycles. The molecule has 1 aromatic heterocycles. The van der Waals surface area contributed by atoms with E-state index in [0.717, 1.165) is 44.5 Å². The Labute approximate surface area is 293 Å². The third kappa shape index (κ3) is 4.69. The molecule has 0 fully saturated rings. The number of pyridine rings is 1. The van der Waals surface area contributed by atoms with Crippen LogP contribution < -0.4 is 9.80 Å². The van der Waals surface area contributed by atoms with Crippen LogP contribution in [-0.2, 0) is 12.8 Å². The van der Waals surface area contributed by atoms with Crippen LogP contribution in [-0.4, -0.2) is 18.1 Å². The molecule has 0 radical (unpaired) electrons. The number of rotatable bonds is 4. The molecule has 0 N–H and O–H groups in total. The minimum Gasteiger partial charge on any atom is -0.341 e. The van der Waals surface area contributed by atoms with Crippen LogP contribution in [0.15, 0.2) is 152 Å². The predicted octanol–water partition coefficient (Wildman–Crippen LogP) is 12.0. The molecule has 0 amide bonds. The van der Waals surface area contributed by atoms with Gasteiger partial charge in [0.05, 0.1) is 5.69 Å². The van der Waals surface area contributed by atoms with E-state index in [-0.39, 0.29) is 0 Å². The predicted molar refractivity (Wildman–Crippen MR) is 211 cm³/mol. The fourth-order valence-corrected chi connectivity index (χ4v) is 8.66. The molecule has 3 heterocycles. The van der Waals surface area contributed by atoms with E-state index >= 15 is 0 Å². The van der Waals surface area contributed by atoms with Crippen molar-refractivity contribution in [2.45, 2.75) is 25.7 Å². The summed E-state index contributed by atoms with van der Waals surface area (Å²) in [5, 5.41) is 7.49. The summed E-state index contributed by atoms with van der Waals surface area (Å²) >= 11 is 0. The van der Waals surface area contributed by atoms with Crippen molar-refractivity contribution >= 4 is 55.1 Å². The van der Waals surface area contributed by atoms with Crippen molar-refractivity contribution in [3.8, 4) is 22.4 Å². The molecule has 0 saturated heterocycles. The van der Waals surface area contributed by atoms with Crippen molar-refractivity contribution in [1.29, 1.82) is 0 Å². The molecule has 0 spiro atoms. The van der Waals surface area contributed by atoms with E-state index in [9.17, 15) is 0 Å². The van der Waals surface area contributed by atoms with E-state index in [2.05, 4.69) is 149 Å². The molecule has 2 aliphatic heterocycles. The maximum atomic E-state index is 5.00. The van der Waals surface area contributed by atoms with E-state index in [1.807, 2.05) is 12.3 Å². The average Bonchev–Trinajstić information content (AvgIpc) is 3.19. The molecular formula is C47H37N3. The molecule has 3 nitrogen and oxygen atoms in total. The van der Waals surface area contributed by atoms with Crippen LogP contribution in [0.25, 0.3) is 54.7 Å². The minimum atomic E-state index is 0.999. The highest BCUT2D eigenvalue weighted by Crippen LogP contribution is 2.48. The lowest BCUT2D eigenvalue weighted by molar-refractivity contribution is 0.767. The Morgan fingerprint density at radius 1 is 0.440 bits per heavy atom. The van der Waals surface area contributed by atoms with Crippen LogP contribution in [0.1, 0.15) is 24.0 Å². The molecule has 0 saturated carbocycles. The molecule has 0 atom stereocenters. The normalized spacial score (nSPS) is 14.2. The minimum absolute atomic E-state index is 0.999. The fourth-order valence-electron chi connectivity index (χ4n) is 8.66. The Morgan fingerprint density at radius 3 is 1.70 bits per heavy atom. The van der Waals surface area contributed by atoms with Gasteiger partial charge in [-0.3, -0.25) is 4.98 Å². The van der Waals surface area contributed by atoms with Gasteiger partial charge in [-0.05, 0) is 129 Å². The third-order valence-electron chi connectivity index (χ3n) is 10.9. The van der Waals surface area contributed by atoms with Gasteiger partial charge in [-0.2, -0.15) is 0 Å². The largest absolute Gasteiger partial charge is 0.341 e. The topological polar surface area (TPSA) is 19.4 Å². The van der Waals surface area contributed by atoms with Crippen molar-refractivity contribution in [2.24, 2.45) is 0 Å². The highest BCUT2D eigenvalue weighted by molar-refractivity contribution is 6.24. The second-order valence-electron chi connectivity index (χ2n) is 13.7. The molecule has 7 aromatic carbocycles. The Kier molecular flexibility index (Phi) is 6.90. The number of hydrogen-bond acceptors (Lipinski definition) is 3. The molecular weight excluding hydrogens is 607 g/mol. The van der Waals surface area contributed by atoms with Gasteiger partial charge in [0.25, 0.3) is 0 Å². The summed E-state index contributed by atoms with van der Waals surface area (Å²) in [7, 11) is 0. The second kappa shape index (κ2) is 11.9. The van der Waals surface area contributed by atoms with Gasteiger partial charge in [-0.15, -0.1) is 0 Å². The van der Waals surface area contributed by atoms with Crippen LogP contribution in [0.5, 0.6) is 0 Å². The Bertz CT molecular complexity index is 2560. The summed E-state index contributed by atoms with van der Waals surface area (Å²) in [5.41, 5.74) is 12.7. The Hall–Kier alpha value is -5.93. The number of aromatic nitrogens is 1. The van der Waals surface area contributed by atoms with Gasteiger partial charge < -0.3 is 9.80 Å². The first-order chi connectivity index (χ1) is 24.8. The van der Waals surface area contributed by atoms with E-state index in [0.29, 0.717) is 0 Å². The first-order valence-electron chi connectivity index (χ1n) is 18.0. The number of fused-ring (bicyclic) bond motifs is 5. The second-order valence-corrected chi connectivity index (χ2v) is 13.7. The summed E-state index contributed by atoms with van der Waals surface area (Å²) in [6.07, 6.45) is 6.46. The van der Waals surface area contributed by atoms with E-state index in [4.69, 9.17) is 4.98 Å². The standard InChI is InChI=1S/C47H37N3/c1-4-18-37-32(12-1)15-9-19-38(37)46-39-25-23-36(50-29-11-17-34-14-3-6-22-45(34)50)31-42(39)47(43-20-7-8-27-48-43)40-26-24-35(30-41(40)46)49-28-10-16-33-13-2-5-21-44(33)49/h1-9,12-15,18-27,30-31H,10-11,16-17,28-29H2. The van der Waals surface area contributed by atoms with E-state index in [1.54, 1.807) is 0 Å². The quantitative estimate of drug-likeness (QED) is 0.178. The summed E-state index contributed by atoms with van der Waals surface area (Å²) in [4.78, 5) is 10.0. The maximum absolute atomic E-state index is 5.00. The van der Waals surface area contributed by atoms with Gasteiger partial charge in [0.15, 0.2) is 0 Å². The molecule has 0 bridgehead atoms. The zero-order chi connectivity index (χ0) is 33.0. The van der Waals surface area contributed by atoms with Crippen molar-refractivity contribution < 1.29 is 0 Å². The lowest BCUT2D eigenvalue weighted by Gasteiger charge is -2.32. The number of benzene rings is 7. The summed E-state index contributed by atoms with van der Waals surface area (Å²) in [6.45, 7) is 2.01. The van der Waals surface area contributed by atoms with Crippen molar-refractivity contribution in [1.82, 2.24) is 4.98 Å². The summed E-state index contributed by atoms with van der Waals surface area (Å²) in [6, 6.07) is 54.0. The Balaban J connectivity index is 1.31. The van der Waals surface area contributed by atoms with Gasteiger partial charge in [0, 0.05) is 47.6 Å². The van der Waals surface area contributed by atoms with E-state index in [1.165, 1.54) is 82.9 Å². The summed E-state index contributed by atoms with van der Waals surface area (Å²) < 4.78 is 0. The lowest BCUT2D eigenvalue weighted by Crippen LogP contribution is -2.24. The van der Waals surface area contributed by atoms with Gasteiger partial charge in [0.1, 0.15) is 0 Å². The number of anilines is 4. The summed E-state index contributed by atoms with van der Waals surface area (Å²) in [5.74, 6) is 0.